The molecule has 7 heteroatoms. The Morgan fingerprint density at radius 2 is 1.74 bits per heavy atom. The number of nitrogens with one attached hydrogen (secondary N) is 1. The molecule has 0 aromatic heterocycles. The average Bonchev–Trinajstić information content (AvgIpc) is 2.71. The Morgan fingerprint density at radius 1 is 1.09 bits per heavy atom. The van der Waals surface area contributed by atoms with Crippen LogP contribution in [-0.2, 0) is 0 Å². The molecule has 0 unspecified atom stereocenters. The van der Waals surface area contributed by atoms with Gasteiger partial charge in [-0.2, -0.15) is 0 Å². The van der Waals surface area contributed by atoms with Gasteiger partial charge in [0.15, 0.2) is 0 Å². The summed E-state index contributed by atoms with van der Waals surface area (Å²) in [5.41, 5.74) is 0.441. The lowest BCUT2D eigenvalue weighted by Crippen LogP contribution is -2.44. The highest BCUT2D eigenvalue weighted by Crippen LogP contribution is 2.22. The van der Waals surface area contributed by atoms with Crippen molar-refractivity contribution < 1.29 is 9.59 Å². The van der Waals surface area contributed by atoms with Gasteiger partial charge in [-0.25, -0.2) is 4.79 Å². The van der Waals surface area contributed by atoms with E-state index < -0.39 is 0 Å². The molecule has 1 aromatic carbocycles. The van der Waals surface area contributed by atoms with E-state index in [-0.39, 0.29) is 18.0 Å². The average molecular weight is 358 g/mol. The van der Waals surface area contributed by atoms with Crippen LogP contribution < -0.4 is 5.32 Å². The summed E-state index contributed by atoms with van der Waals surface area (Å²) in [7, 11) is 0. The molecule has 23 heavy (non-hydrogen) atoms. The number of urea groups is 1. The molecule has 0 spiro atoms. The molecule has 1 saturated heterocycles. The Kier molecular flexibility index (Phi) is 6.13. The quantitative estimate of drug-likeness (QED) is 0.882. The molecule has 0 atom stereocenters. The summed E-state index contributed by atoms with van der Waals surface area (Å²) in [6.45, 7) is 6.08. The maximum absolute atomic E-state index is 12.6. The molecular weight excluding hydrogens is 337 g/mol. The Bertz CT molecular complexity index is 593. The second kappa shape index (κ2) is 7.88. The number of nitrogens with zero attached hydrogens (tertiary/aromatic N) is 2. The van der Waals surface area contributed by atoms with Crippen molar-refractivity contribution in [1.82, 2.24) is 15.1 Å². The lowest BCUT2D eigenvalue weighted by Gasteiger charge is -2.23. The van der Waals surface area contributed by atoms with Crippen LogP contribution in [0.1, 0.15) is 30.6 Å². The molecule has 1 aliphatic heterocycles. The Balaban J connectivity index is 2.02. The van der Waals surface area contributed by atoms with Gasteiger partial charge in [0.1, 0.15) is 0 Å². The van der Waals surface area contributed by atoms with Gasteiger partial charge in [-0.15, -0.1) is 0 Å². The second-order valence-electron chi connectivity index (χ2n) is 5.86. The monoisotopic (exact) mass is 357 g/mol. The molecule has 1 aliphatic rings. The molecule has 0 radical (unpaired) electrons. The van der Waals surface area contributed by atoms with Crippen LogP contribution >= 0.6 is 23.2 Å². The van der Waals surface area contributed by atoms with Crippen molar-refractivity contribution in [3.8, 4) is 0 Å². The highest BCUT2D eigenvalue weighted by Gasteiger charge is 2.24. The van der Waals surface area contributed by atoms with E-state index >= 15 is 0 Å². The zero-order valence-corrected chi connectivity index (χ0v) is 14.8. The molecule has 0 saturated carbocycles. The Hall–Kier alpha value is -1.46. The SMILES string of the molecule is CC(C)NC(=O)N1CCCN(C(=O)c2ccc(Cl)cc2Cl)CC1. The van der Waals surface area contributed by atoms with E-state index in [4.69, 9.17) is 23.2 Å². The smallest absolute Gasteiger partial charge is 0.317 e. The fourth-order valence-corrected chi connectivity index (χ4v) is 2.98. The highest BCUT2D eigenvalue weighted by atomic mass is 35.5. The van der Waals surface area contributed by atoms with Gasteiger partial charge in [-0.1, -0.05) is 23.2 Å². The van der Waals surface area contributed by atoms with Crippen LogP contribution in [0.5, 0.6) is 0 Å². The molecule has 3 amide bonds. The normalized spacial score (nSPS) is 15.5. The molecule has 2 rings (SSSR count). The van der Waals surface area contributed by atoms with Gasteiger partial charge in [0.25, 0.3) is 5.91 Å². The number of amides is 3. The molecule has 1 fully saturated rings. The topological polar surface area (TPSA) is 52.7 Å². The van der Waals surface area contributed by atoms with Gasteiger partial charge in [0.05, 0.1) is 10.6 Å². The summed E-state index contributed by atoms with van der Waals surface area (Å²) in [6, 6.07) is 4.87. The third kappa shape index (κ3) is 4.75. The van der Waals surface area contributed by atoms with Crippen LogP contribution in [0.3, 0.4) is 0 Å². The Morgan fingerprint density at radius 3 is 2.39 bits per heavy atom. The van der Waals surface area contributed by atoms with Crippen LogP contribution in [0.4, 0.5) is 4.79 Å². The van der Waals surface area contributed by atoms with E-state index in [9.17, 15) is 9.59 Å². The number of hydrogen-bond donors (Lipinski definition) is 1. The number of halogens is 2. The molecule has 5 nitrogen and oxygen atoms in total. The standard InChI is InChI=1S/C16H21Cl2N3O2/c1-11(2)19-16(23)21-7-3-6-20(8-9-21)15(22)13-5-4-12(17)10-14(13)18/h4-5,10-11H,3,6-9H2,1-2H3,(H,19,23). The molecule has 0 bridgehead atoms. The summed E-state index contributed by atoms with van der Waals surface area (Å²) in [6.07, 6.45) is 0.739. The molecule has 1 heterocycles. The second-order valence-corrected chi connectivity index (χ2v) is 6.70. The van der Waals surface area contributed by atoms with Crippen molar-refractivity contribution in [1.29, 1.82) is 0 Å². The lowest BCUT2D eigenvalue weighted by atomic mass is 10.2. The third-order valence-electron chi connectivity index (χ3n) is 3.64. The van der Waals surface area contributed by atoms with Gasteiger partial charge in [0.2, 0.25) is 0 Å². The van der Waals surface area contributed by atoms with Crippen LogP contribution in [0, 0.1) is 0 Å². The van der Waals surface area contributed by atoms with Crippen LogP contribution in [-0.4, -0.2) is 54.0 Å². The fourth-order valence-electron chi connectivity index (χ4n) is 2.50. The first-order chi connectivity index (χ1) is 10.9. The van der Waals surface area contributed by atoms with Crippen molar-refractivity contribution in [2.24, 2.45) is 0 Å². The van der Waals surface area contributed by atoms with Crippen molar-refractivity contribution in [3.63, 3.8) is 0 Å². The minimum Gasteiger partial charge on any atom is -0.337 e. The highest BCUT2D eigenvalue weighted by molar-refractivity contribution is 6.36. The molecule has 1 N–H and O–H groups in total. The molecule has 126 valence electrons. The van der Waals surface area contributed by atoms with Gasteiger partial charge in [-0.3, -0.25) is 4.79 Å². The van der Waals surface area contributed by atoms with Crippen molar-refractivity contribution >= 4 is 35.1 Å². The maximum atomic E-state index is 12.6. The number of carbonyl (C=O) groups is 2. The lowest BCUT2D eigenvalue weighted by molar-refractivity contribution is 0.0762. The van der Waals surface area contributed by atoms with E-state index in [1.54, 1.807) is 28.0 Å². The minimum atomic E-state index is -0.127. The van der Waals surface area contributed by atoms with Gasteiger partial charge < -0.3 is 15.1 Å². The zero-order chi connectivity index (χ0) is 17.0. The number of carbonyl (C=O) groups excluding carboxylic acids is 2. The zero-order valence-electron chi connectivity index (χ0n) is 13.3. The summed E-state index contributed by atoms with van der Waals surface area (Å²) in [4.78, 5) is 28.2. The summed E-state index contributed by atoms with van der Waals surface area (Å²) in [5, 5.41) is 3.73. The van der Waals surface area contributed by atoms with Gasteiger partial charge in [0, 0.05) is 37.2 Å². The predicted molar refractivity (Wildman–Crippen MR) is 92.2 cm³/mol. The first kappa shape index (κ1) is 17.9. The summed E-state index contributed by atoms with van der Waals surface area (Å²) in [5.74, 6) is -0.127. The molecule has 1 aromatic rings. The van der Waals surface area contributed by atoms with Gasteiger partial charge >= 0.3 is 6.03 Å². The summed E-state index contributed by atoms with van der Waals surface area (Å²) >= 11 is 12.0. The van der Waals surface area contributed by atoms with E-state index in [0.717, 1.165) is 6.42 Å². The Labute approximate surface area is 146 Å². The van der Waals surface area contributed by atoms with Crippen LogP contribution in [0.2, 0.25) is 10.0 Å². The fraction of sp³-hybridized carbons (Fsp3) is 0.500. The van der Waals surface area contributed by atoms with Crippen molar-refractivity contribution in [2.45, 2.75) is 26.3 Å². The van der Waals surface area contributed by atoms with Crippen molar-refractivity contribution in [2.75, 3.05) is 26.2 Å². The van der Waals surface area contributed by atoms with Crippen molar-refractivity contribution in [3.05, 3.63) is 33.8 Å². The van der Waals surface area contributed by atoms with E-state index in [1.165, 1.54) is 0 Å². The number of rotatable bonds is 2. The first-order valence-electron chi connectivity index (χ1n) is 7.68. The van der Waals surface area contributed by atoms with E-state index in [1.807, 2.05) is 13.8 Å². The molecular formula is C16H21Cl2N3O2. The summed E-state index contributed by atoms with van der Waals surface area (Å²) < 4.78 is 0. The number of hydrogen-bond acceptors (Lipinski definition) is 2. The van der Waals surface area contributed by atoms with Gasteiger partial charge in [-0.05, 0) is 38.5 Å². The third-order valence-corrected chi connectivity index (χ3v) is 4.19. The maximum Gasteiger partial charge on any atom is 0.317 e. The van der Waals surface area contributed by atoms with E-state index in [2.05, 4.69) is 5.32 Å². The number of benzene rings is 1. The van der Waals surface area contributed by atoms with Crippen LogP contribution in [0.25, 0.3) is 0 Å². The minimum absolute atomic E-state index is 0.0844. The molecule has 0 aliphatic carbocycles. The largest absolute Gasteiger partial charge is 0.337 e. The van der Waals surface area contributed by atoms with E-state index in [0.29, 0.717) is 41.8 Å². The first-order valence-corrected chi connectivity index (χ1v) is 8.44. The predicted octanol–water partition coefficient (Wildman–Crippen LogP) is 3.26. The van der Waals surface area contributed by atoms with Crippen LogP contribution in [0.15, 0.2) is 18.2 Å².